The van der Waals surface area contributed by atoms with Gasteiger partial charge in [0.1, 0.15) is 11.3 Å². The van der Waals surface area contributed by atoms with E-state index in [1.807, 2.05) is 25.1 Å². The van der Waals surface area contributed by atoms with Crippen molar-refractivity contribution in [2.45, 2.75) is 19.8 Å². The first-order chi connectivity index (χ1) is 11.2. The van der Waals surface area contributed by atoms with E-state index in [0.29, 0.717) is 23.6 Å². The minimum Gasteiger partial charge on any atom is -0.461 e. The normalized spacial score (nSPS) is 19.1. The number of benzene rings is 1. The zero-order chi connectivity index (χ0) is 16.2. The summed E-state index contributed by atoms with van der Waals surface area (Å²) >= 11 is 0. The Balaban J connectivity index is 1.56. The van der Waals surface area contributed by atoms with Gasteiger partial charge in [-0.2, -0.15) is 0 Å². The van der Waals surface area contributed by atoms with Crippen LogP contribution in [0.2, 0.25) is 0 Å². The molecule has 0 bridgehead atoms. The summed E-state index contributed by atoms with van der Waals surface area (Å²) in [5.74, 6) is 1.09. The second-order valence-corrected chi connectivity index (χ2v) is 6.33. The van der Waals surface area contributed by atoms with Gasteiger partial charge in [0.05, 0.1) is 5.56 Å². The van der Waals surface area contributed by atoms with Crippen LogP contribution >= 0.6 is 0 Å². The number of likely N-dealkylation sites (tertiary alicyclic amines) is 1. The molecule has 2 heterocycles. The van der Waals surface area contributed by atoms with Crippen LogP contribution in [0.15, 0.2) is 28.7 Å². The minimum absolute atomic E-state index is 0.0966. The number of para-hydroxylation sites is 1. The first-order valence-corrected chi connectivity index (χ1v) is 8.28. The first-order valence-electron chi connectivity index (χ1n) is 8.28. The Hall–Kier alpha value is -1.85. The minimum atomic E-state index is -0.0966. The van der Waals surface area contributed by atoms with Crippen molar-refractivity contribution in [3.8, 4) is 0 Å². The molecule has 5 nitrogen and oxygen atoms in total. The van der Waals surface area contributed by atoms with Gasteiger partial charge in [-0.3, -0.25) is 4.79 Å². The van der Waals surface area contributed by atoms with Gasteiger partial charge in [-0.1, -0.05) is 12.1 Å². The standard InChI is InChI=1S/C18H24N2O3/c1-13-10-15-5-2-6-16(17(15)23-13)18(22)19-7-9-20-8-3-4-14(11-20)12-21/h2,5-6,10,14,21H,3-4,7-9,11-12H2,1H3,(H,19,22)/t14-/m0/s1. The predicted molar refractivity (Wildman–Crippen MR) is 89.5 cm³/mol. The lowest BCUT2D eigenvalue weighted by Crippen LogP contribution is -2.41. The second-order valence-electron chi connectivity index (χ2n) is 6.33. The average Bonchev–Trinajstić information content (AvgIpc) is 2.95. The fraction of sp³-hybridized carbons (Fsp3) is 0.500. The third kappa shape index (κ3) is 3.74. The number of nitrogens with zero attached hydrogens (tertiary/aromatic N) is 1. The van der Waals surface area contributed by atoms with Crippen molar-refractivity contribution in [2.75, 3.05) is 32.8 Å². The molecule has 2 aromatic rings. The van der Waals surface area contributed by atoms with Crippen molar-refractivity contribution >= 4 is 16.9 Å². The van der Waals surface area contributed by atoms with Crippen LogP contribution in [0.1, 0.15) is 29.0 Å². The molecule has 1 saturated heterocycles. The van der Waals surface area contributed by atoms with Crippen LogP contribution in [-0.2, 0) is 0 Å². The second kappa shape index (κ2) is 7.15. The van der Waals surface area contributed by atoms with Gasteiger partial charge in [0.2, 0.25) is 0 Å². The zero-order valence-corrected chi connectivity index (χ0v) is 13.5. The highest BCUT2D eigenvalue weighted by atomic mass is 16.3. The summed E-state index contributed by atoms with van der Waals surface area (Å²) in [5, 5.41) is 13.2. The quantitative estimate of drug-likeness (QED) is 0.887. The van der Waals surface area contributed by atoms with Crippen LogP contribution in [0.25, 0.3) is 11.0 Å². The third-order valence-corrected chi connectivity index (χ3v) is 4.49. The molecule has 1 aromatic heterocycles. The Morgan fingerprint density at radius 3 is 3.17 bits per heavy atom. The Labute approximate surface area is 136 Å². The van der Waals surface area contributed by atoms with Crippen molar-refractivity contribution in [3.05, 3.63) is 35.6 Å². The van der Waals surface area contributed by atoms with Gasteiger partial charge in [0.25, 0.3) is 5.91 Å². The highest BCUT2D eigenvalue weighted by Crippen LogP contribution is 2.22. The number of carbonyl (C=O) groups is 1. The number of aliphatic hydroxyl groups excluding tert-OH is 1. The number of rotatable bonds is 5. The maximum Gasteiger partial charge on any atom is 0.255 e. The largest absolute Gasteiger partial charge is 0.461 e. The van der Waals surface area contributed by atoms with Crippen LogP contribution < -0.4 is 5.32 Å². The number of amides is 1. The molecule has 1 atom stereocenters. The average molecular weight is 316 g/mol. The Morgan fingerprint density at radius 1 is 1.48 bits per heavy atom. The van der Waals surface area contributed by atoms with E-state index >= 15 is 0 Å². The number of fused-ring (bicyclic) bond motifs is 1. The number of piperidine rings is 1. The van der Waals surface area contributed by atoms with E-state index in [4.69, 9.17) is 4.42 Å². The SMILES string of the molecule is Cc1cc2cccc(C(=O)NCCN3CCC[C@H](CO)C3)c2o1. The van der Waals surface area contributed by atoms with Crippen molar-refractivity contribution in [1.82, 2.24) is 10.2 Å². The molecule has 1 fully saturated rings. The summed E-state index contributed by atoms with van der Waals surface area (Å²) in [4.78, 5) is 14.7. The molecule has 1 aromatic carbocycles. The van der Waals surface area contributed by atoms with Gasteiger partial charge in [-0.15, -0.1) is 0 Å². The summed E-state index contributed by atoms with van der Waals surface area (Å²) in [7, 11) is 0. The fourth-order valence-corrected chi connectivity index (χ4v) is 3.30. The van der Waals surface area contributed by atoms with Crippen molar-refractivity contribution < 1.29 is 14.3 Å². The molecule has 1 amide bonds. The summed E-state index contributed by atoms with van der Waals surface area (Å²) in [6.07, 6.45) is 2.21. The number of hydrogen-bond acceptors (Lipinski definition) is 4. The topological polar surface area (TPSA) is 65.7 Å². The van der Waals surface area contributed by atoms with Gasteiger partial charge in [-0.05, 0) is 44.4 Å². The van der Waals surface area contributed by atoms with E-state index in [1.165, 1.54) is 0 Å². The molecule has 0 spiro atoms. The molecular weight excluding hydrogens is 292 g/mol. The molecule has 0 aliphatic carbocycles. The van der Waals surface area contributed by atoms with Crippen LogP contribution in [0, 0.1) is 12.8 Å². The summed E-state index contributed by atoms with van der Waals surface area (Å²) in [6, 6.07) is 7.56. The summed E-state index contributed by atoms with van der Waals surface area (Å²) in [6.45, 7) is 5.51. The molecule has 5 heteroatoms. The lowest BCUT2D eigenvalue weighted by atomic mass is 9.99. The first kappa shape index (κ1) is 16.0. The monoisotopic (exact) mass is 316 g/mol. The molecular formula is C18H24N2O3. The zero-order valence-electron chi connectivity index (χ0n) is 13.5. The predicted octanol–water partition coefficient (Wildman–Crippen LogP) is 2.18. The number of aliphatic hydroxyl groups is 1. The van der Waals surface area contributed by atoms with E-state index in [1.54, 1.807) is 6.07 Å². The van der Waals surface area contributed by atoms with Gasteiger partial charge in [0.15, 0.2) is 0 Å². The van der Waals surface area contributed by atoms with Crippen molar-refractivity contribution in [1.29, 1.82) is 0 Å². The highest BCUT2D eigenvalue weighted by molar-refractivity contribution is 6.04. The molecule has 23 heavy (non-hydrogen) atoms. The van der Waals surface area contributed by atoms with E-state index in [-0.39, 0.29) is 12.5 Å². The number of furan rings is 1. The maximum absolute atomic E-state index is 12.4. The molecule has 124 valence electrons. The number of aryl methyl sites for hydroxylation is 1. The van der Waals surface area contributed by atoms with E-state index in [2.05, 4.69) is 10.2 Å². The summed E-state index contributed by atoms with van der Waals surface area (Å²) < 4.78 is 5.65. The molecule has 3 rings (SSSR count). The third-order valence-electron chi connectivity index (χ3n) is 4.49. The van der Waals surface area contributed by atoms with Crippen LogP contribution in [0.5, 0.6) is 0 Å². The van der Waals surface area contributed by atoms with Crippen molar-refractivity contribution in [2.24, 2.45) is 5.92 Å². The highest BCUT2D eigenvalue weighted by Gasteiger charge is 2.19. The Morgan fingerprint density at radius 2 is 2.35 bits per heavy atom. The summed E-state index contributed by atoms with van der Waals surface area (Å²) in [5.41, 5.74) is 1.24. The maximum atomic E-state index is 12.4. The van der Waals surface area contributed by atoms with E-state index in [0.717, 1.165) is 43.6 Å². The van der Waals surface area contributed by atoms with Crippen LogP contribution in [0.3, 0.4) is 0 Å². The fourth-order valence-electron chi connectivity index (χ4n) is 3.30. The van der Waals surface area contributed by atoms with Gasteiger partial charge < -0.3 is 19.7 Å². The smallest absolute Gasteiger partial charge is 0.255 e. The molecule has 0 radical (unpaired) electrons. The number of hydrogen-bond donors (Lipinski definition) is 2. The van der Waals surface area contributed by atoms with E-state index < -0.39 is 0 Å². The molecule has 2 N–H and O–H groups in total. The number of carbonyl (C=O) groups excluding carboxylic acids is 1. The van der Waals surface area contributed by atoms with E-state index in [9.17, 15) is 9.90 Å². The Bertz CT molecular complexity index is 680. The lowest BCUT2D eigenvalue weighted by molar-refractivity contribution is 0.0931. The van der Waals surface area contributed by atoms with Crippen molar-refractivity contribution in [3.63, 3.8) is 0 Å². The Kier molecular flexibility index (Phi) is 4.98. The van der Waals surface area contributed by atoms with Gasteiger partial charge >= 0.3 is 0 Å². The molecule has 0 saturated carbocycles. The van der Waals surface area contributed by atoms with Crippen LogP contribution in [0.4, 0.5) is 0 Å². The number of nitrogens with one attached hydrogen (secondary N) is 1. The molecule has 1 aliphatic heterocycles. The molecule has 1 aliphatic rings. The molecule has 0 unspecified atom stereocenters. The van der Waals surface area contributed by atoms with Crippen LogP contribution in [-0.4, -0.2) is 48.7 Å². The lowest BCUT2D eigenvalue weighted by Gasteiger charge is -2.31. The van der Waals surface area contributed by atoms with Gasteiger partial charge in [0, 0.05) is 31.6 Å². The van der Waals surface area contributed by atoms with Gasteiger partial charge in [-0.25, -0.2) is 0 Å².